The Balaban J connectivity index is 2.54. The number of furan rings is 1. The highest BCUT2D eigenvalue weighted by molar-refractivity contribution is 9.09. The summed E-state index contributed by atoms with van der Waals surface area (Å²) in [5, 5.41) is 2.43. The first-order valence-electron chi connectivity index (χ1n) is 4.86. The summed E-state index contributed by atoms with van der Waals surface area (Å²) in [5.74, 6) is -0.368. The Morgan fingerprint density at radius 1 is 1.33 bits per heavy atom. The minimum atomic E-state index is -4.46. The lowest BCUT2D eigenvalue weighted by molar-refractivity contribution is -0.136. The molecule has 0 unspecified atom stereocenters. The molecule has 0 fully saturated rings. The van der Waals surface area contributed by atoms with E-state index >= 15 is 0 Å². The summed E-state index contributed by atoms with van der Waals surface area (Å²) in [6.45, 7) is 0. The Labute approximate surface area is 108 Å². The molecule has 2 aromatic rings. The number of halogens is 4. The van der Waals surface area contributed by atoms with Gasteiger partial charge in [0.15, 0.2) is 5.58 Å². The molecule has 1 heterocycles. The van der Waals surface area contributed by atoms with Crippen molar-refractivity contribution in [3.8, 4) is 0 Å². The van der Waals surface area contributed by atoms with Gasteiger partial charge >= 0.3 is 6.18 Å². The number of hydrogen-bond donors (Lipinski definition) is 1. The zero-order valence-electron chi connectivity index (χ0n) is 8.84. The van der Waals surface area contributed by atoms with Gasteiger partial charge in [0.1, 0.15) is 0 Å². The average Bonchev–Trinajstić information content (AvgIpc) is 2.76. The van der Waals surface area contributed by atoms with Gasteiger partial charge in [-0.25, -0.2) is 0 Å². The van der Waals surface area contributed by atoms with E-state index in [0.717, 1.165) is 12.3 Å². The third kappa shape index (κ3) is 2.35. The molecule has 2 rings (SSSR count). The zero-order chi connectivity index (χ0) is 13.3. The highest BCUT2D eigenvalue weighted by Crippen LogP contribution is 2.37. The van der Waals surface area contributed by atoms with Crippen LogP contribution < -0.4 is 5.32 Å². The maximum atomic E-state index is 12.7. The van der Waals surface area contributed by atoms with Crippen LogP contribution in [-0.2, 0) is 11.0 Å². The van der Waals surface area contributed by atoms with Crippen LogP contribution in [0, 0.1) is 0 Å². The van der Waals surface area contributed by atoms with Gasteiger partial charge in [0.25, 0.3) is 0 Å². The van der Waals surface area contributed by atoms with E-state index in [2.05, 4.69) is 21.2 Å². The van der Waals surface area contributed by atoms with E-state index in [0.29, 0.717) is 0 Å². The van der Waals surface area contributed by atoms with Crippen molar-refractivity contribution in [1.29, 1.82) is 0 Å². The average molecular weight is 322 g/mol. The van der Waals surface area contributed by atoms with Gasteiger partial charge in [-0.2, -0.15) is 13.2 Å². The largest absolute Gasteiger partial charge is 0.462 e. The molecule has 96 valence electrons. The van der Waals surface area contributed by atoms with Crippen molar-refractivity contribution in [2.24, 2.45) is 0 Å². The minimum Gasteiger partial charge on any atom is -0.462 e. The van der Waals surface area contributed by atoms with Crippen molar-refractivity contribution in [2.75, 3.05) is 10.6 Å². The van der Waals surface area contributed by atoms with Gasteiger partial charge in [0, 0.05) is 5.39 Å². The lowest BCUT2D eigenvalue weighted by Gasteiger charge is -2.10. The van der Waals surface area contributed by atoms with Crippen LogP contribution in [0.1, 0.15) is 5.56 Å². The standard InChI is InChI=1S/C11H7BrF3NO2/c12-5-9(17)16-8-2-1-7(11(13,14)15)6-3-4-18-10(6)8/h1-4H,5H2,(H,16,17). The maximum absolute atomic E-state index is 12.7. The van der Waals surface area contributed by atoms with Gasteiger partial charge < -0.3 is 9.73 Å². The minimum absolute atomic E-state index is 0.0131. The molecule has 1 aromatic heterocycles. The summed E-state index contributed by atoms with van der Waals surface area (Å²) in [5.41, 5.74) is -0.560. The Bertz CT molecular complexity index is 591. The number of alkyl halides is 4. The van der Waals surface area contributed by atoms with Crippen LogP contribution in [0.2, 0.25) is 0 Å². The molecule has 0 aliphatic carbocycles. The number of benzene rings is 1. The Morgan fingerprint density at radius 3 is 2.67 bits per heavy atom. The number of nitrogens with one attached hydrogen (secondary N) is 1. The third-order valence-electron chi connectivity index (χ3n) is 2.32. The van der Waals surface area contributed by atoms with E-state index in [1.165, 1.54) is 12.1 Å². The Hall–Kier alpha value is -1.50. The summed E-state index contributed by atoms with van der Waals surface area (Å²) in [7, 11) is 0. The second kappa shape index (κ2) is 4.64. The third-order valence-corrected chi connectivity index (χ3v) is 2.83. The molecular weight excluding hydrogens is 315 g/mol. The molecule has 0 saturated carbocycles. The highest BCUT2D eigenvalue weighted by atomic mass is 79.9. The summed E-state index contributed by atoms with van der Waals surface area (Å²) < 4.78 is 43.2. The van der Waals surface area contributed by atoms with Crippen molar-refractivity contribution < 1.29 is 22.4 Å². The van der Waals surface area contributed by atoms with E-state index in [1.54, 1.807) is 0 Å². The number of anilines is 1. The predicted octanol–water partition coefficient (Wildman–Crippen LogP) is 3.79. The van der Waals surface area contributed by atoms with E-state index in [1.807, 2.05) is 0 Å². The molecule has 0 atom stereocenters. The number of hydrogen-bond acceptors (Lipinski definition) is 2. The van der Waals surface area contributed by atoms with Gasteiger partial charge in [0.2, 0.25) is 5.91 Å². The van der Waals surface area contributed by atoms with Crippen LogP contribution in [0.25, 0.3) is 11.0 Å². The zero-order valence-corrected chi connectivity index (χ0v) is 10.4. The molecule has 0 aliphatic heterocycles. The first-order valence-corrected chi connectivity index (χ1v) is 5.99. The summed E-state index contributed by atoms with van der Waals surface area (Å²) >= 11 is 2.95. The Morgan fingerprint density at radius 2 is 2.06 bits per heavy atom. The van der Waals surface area contributed by atoms with Gasteiger partial charge in [-0.1, -0.05) is 15.9 Å². The van der Waals surface area contributed by atoms with E-state index in [-0.39, 0.29) is 27.9 Å². The second-order valence-electron chi connectivity index (χ2n) is 3.50. The Kier molecular flexibility index (Phi) is 3.34. The fourth-order valence-electron chi connectivity index (χ4n) is 1.59. The number of fused-ring (bicyclic) bond motifs is 1. The van der Waals surface area contributed by atoms with Gasteiger partial charge in [-0.15, -0.1) is 0 Å². The van der Waals surface area contributed by atoms with Crippen LogP contribution in [-0.4, -0.2) is 11.2 Å². The van der Waals surface area contributed by atoms with E-state index < -0.39 is 11.7 Å². The first-order chi connectivity index (χ1) is 8.43. The molecule has 3 nitrogen and oxygen atoms in total. The van der Waals surface area contributed by atoms with Crippen molar-refractivity contribution >= 4 is 38.5 Å². The molecular formula is C11H7BrF3NO2. The van der Waals surface area contributed by atoms with Crippen LogP contribution in [0.5, 0.6) is 0 Å². The maximum Gasteiger partial charge on any atom is 0.417 e. The number of carbonyl (C=O) groups excluding carboxylic acids is 1. The van der Waals surface area contributed by atoms with E-state index in [4.69, 9.17) is 4.42 Å². The lowest BCUT2D eigenvalue weighted by Crippen LogP contribution is -2.13. The molecule has 1 N–H and O–H groups in total. The smallest absolute Gasteiger partial charge is 0.417 e. The van der Waals surface area contributed by atoms with Crippen molar-refractivity contribution in [3.05, 3.63) is 30.0 Å². The molecule has 0 radical (unpaired) electrons. The summed E-state index contributed by atoms with van der Waals surface area (Å²) in [6.07, 6.45) is -3.30. The summed E-state index contributed by atoms with van der Waals surface area (Å²) in [6, 6.07) is 3.32. The second-order valence-corrected chi connectivity index (χ2v) is 4.06. The number of rotatable bonds is 2. The predicted molar refractivity (Wildman–Crippen MR) is 63.6 cm³/mol. The van der Waals surface area contributed by atoms with Crippen LogP contribution in [0.3, 0.4) is 0 Å². The van der Waals surface area contributed by atoms with Crippen molar-refractivity contribution in [3.63, 3.8) is 0 Å². The topological polar surface area (TPSA) is 42.2 Å². The molecule has 0 bridgehead atoms. The molecule has 1 aromatic carbocycles. The summed E-state index contributed by atoms with van der Waals surface area (Å²) in [4.78, 5) is 11.2. The van der Waals surface area contributed by atoms with Crippen molar-refractivity contribution in [2.45, 2.75) is 6.18 Å². The van der Waals surface area contributed by atoms with Gasteiger partial charge in [-0.3, -0.25) is 4.79 Å². The number of amides is 1. The van der Waals surface area contributed by atoms with Gasteiger partial charge in [-0.05, 0) is 18.2 Å². The van der Waals surface area contributed by atoms with Crippen LogP contribution in [0.15, 0.2) is 28.9 Å². The molecule has 18 heavy (non-hydrogen) atoms. The van der Waals surface area contributed by atoms with Crippen LogP contribution in [0.4, 0.5) is 18.9 Å². The molecule has 0 aliphatic rings. The molecule has 0 spiro atoms. The lowest BCUT2D eigenvalue weighted by atomic mass is 10.1. The van der Waals surface area contributed by atoms with Crippen molar-refractivity contribution in [1.82, 2.24) is 0 Å². The normalized spacial score (nSPS) is 11.8. The fourth-order valence-corrected chi connectivity index (χ4v) is 1.73. The highest BCUT2D eigenvalue weighted by Gasteiger charge is 2.33. The molecule has 1 amide bonds. The quantitative estimate of drug-likeness (QED) is 0.855. The van der Waals surface area contributed by atoms with Gasteiger partial charge in [0.05, 0.1) is 22.8 Å². The first kappa shape index (κ1) is 12.9. The van der Waals surface area contributed by atoms with E-state index in [9.17, 15) is 18.0 Å². The molecule has 7 heteroatoms. The fraction of sp³-hybridized carbons (Fsp3) is 0.182. The SMILES string of the molecule is O=C(CBr)Nc1ccc(C(F)(F)F)c2ccoc12. The molecule has 0 saturated heterocycles. The van der Waals surface area contributed by atoms with Crippen LogP contribution >= 0.6 is 15.9 Å². The number of carbonyl (C=O) groups is 1. The monoisotopic (exact) mass is 321 g/mol.